The molecule has 0 aliphatic rings. The minimum atomic E-state index is 0.309. The normalized spacial score (nSPS) is 10.1. The van der Waals surface area contributed by atoms with Crippen molar-refractivity contribution in [2.45, 2.75) is 0 Å². The lowest BCUT2D eigenvalue weighted by Crippen LogP contribution is -2.11. The highest BCUT2D eigenvalue weighted by Gasteiger charge is 2.17. The van der Waals surface area contributed by atoms with E-state index in [0.717, 1.165) is 39.0 Å². The van der Waals surface area contributed by atoms with Crippen LogP contribution in [0.15, 0.2) is 103 Å². The van der Waals surface area contributed by atoms with Crippen LogP contribution in [0.4, 0.5) is 17.1 Å². The molecule has 0 saturated heterocycles. The molecule has 37 heavy (non-hydrogen) atoms. The first kappa shape index (κ1) is 22.9. The molecule has 0 N–H and O–H groups in total. The van der Waals surface area contributed by atoms with Crippen LogP contribution in [-0.2, 0) is 0 Å². The number of hydrogen-bond acceptors (Lipinski definition) is 5. The van der Waals surface area contributed by atoms with Gasteiger partial charge in [0.15, 0.2) is 0 Å². The third kappa shape index (κ3) is 4.22. The molecule has 0 aromatic heterocycles. The van der Waals surface area contributed by atoms with E-state index >= 15 is 0 Å². The molecule has 0 unspecified atom stereocenters. The van der Waals surface area contributed by atoms with Crippen molar-refractivity contribution >= 4 is 27.8 Å². The number of nitriles is 4. The molecule has 5 nitrogen and oxygen atoms in total. The molecular weight excluding hydrogens is 454 g/mol. The van der Waals surface area contributed by atoms with Crippen molar-refractivity contribution in [1.82, 2.24) is 0 Å². The average Bonchev–Trinajstić information content (AvgIpc) is 2.97. The number of anilines is 3. The molecule has 0 spiro atoms. The first-order chi connectivity index (χ1) is 18.2. The second-order valence-electron chi connectivity index (χ2n) is 8.32. The van der Waals surface area contributed by atoms with E-state index in [4.69, 9.17) is 0 Å². The largest absolute Gasteiger partial charge is 0.310 e. The van der Waals surface area contributed by atoms with Gasteiger partial charge < -0.3 is 4.90 Å². The summed E-state index contributed by atoms with van der Waals surface area (Å²) in [5.41, 5.74) is 5.61. The van der Waals surface area contributed by atoms with Crippen LogP contribution in [0.3, 0.4) is 0 Å². The summed E-state index contributed by atoms with van der Waals surface area (Å²) in [6.45, 7) is 0. The number of nitrogens with zero attached hydrogens (tertiary/aromatic N) is 5. The quantitative estimate of drug-likeness (QED) is 0.271. The molecule has 5 aromatic rings. The molecule has 5 aromatic carbocycles. The SMILES string of the molecule is N#Cc1ccc(-c2ccc(N(c3ccc(C#N)c(C#N)c3)c3cccc4ccccc34)cc2)cc1C#N. The summed E-state index contributed by atoms with van der Waals surface area (Å²) in [5, 5.41) is 39.8. The highest BCUT2D eigenvalue weighted by molar-refractivity contribution is 5.99. The Balaban J connectivity index is 1.67. The summed E-state index contributed by atoms with van der Waals surface area (Å²) in [5.74, 6) is 0. The molecule has 5 rings (SSSR count). The van der Waals surface area contributed by atoms with Crippen LogP contribution in [0.25, 0.3) is 21.9 Å². The van der Waals surface area contributed by atoms with Crippen LogP contribution in [0.2, 0.25) is 0 Å². The second kappa shape index (κ2) is 9.77. The number of hydrogen-bond donors (Lipinski definition) is 0. The molecule has 170 valence electrons. The van der Waals surface area contributed by atoms with E-state index in [2.05, 4.69) is 41.3 Å². The molecule has 0 aliphatic heterocycles. The number of benzene rings is 5. The lowest BCUT2D eigenvalue weighted by Gasteiger charge is -2.27. The molecule has 0 atom stereocenters. The molecule has 5 heteroatoms. The van der Waals surface area contributed by atoms with Crippen LogP contribution < -0.4 is 4.90 Å². The topological polar surface area (TPSA) is 98.4 Å². The third-order valence-corrected chi connectivity index (χ3v) is 6.23. The predicted octanol–water partition coefficient (Wildman–Crippen LogP) is 7.46. The Bertz CT molecular complexity index is 1820. The fraction of sp³-hybridized carbons (Fsp3) is 0. The van der Waals surface area contributed by atoms with Gasteiger partial charge in [0.05, 0.1) is 27.9 Å². The van der Waals surface area contributed by atoms with Crippen molar-refractivity contribution < 1.29 is 0 Å². The number of rotatable bonds is 4. The van der Waals surface area contributed by atoms with Gasteiger partial charge in [0, 0.05) is 16.8 Å². The zero-order valence-electron chi connectivity index (χ0n) is 19.6. The van der Waals surface area contributed by atoms with Crippen LogP contribution in [0.5, 0.6) is 0 Å². The third-order valence-electron chi connectivity index (χ3n) is 6.23. The molecule has 0 amide bonds. The Morgan fingerprint density at radius 3 is 1.73 bits per heavy atom. The van der Waals surface area contributed by atoms with Gasteiger partial charge in [-0.15, -0.1) is 0 Å². The Hall–Kier alpha value is -5.88. The van der Waals surface area contributed by atoms with Gasteiger partial charge in [-0.3, -0.25) is 0 Å². The van der Waals surface area contributed by atoms with E-state index in [9.17, 15) is 21.0 Å². The highest BCUT2D eigenvalue weighted by atomic mass is 15.1. The first-order valence-corrected chi connectivity index (χ1v) is 11.4. The summed E-state index contributed by atoms with van der Waals surface area (Å²) >= 11 is 0. The highest BCUT2D eigenvalue weighted by Crippen LogP contribution is 2.40. The van der Waals surface area contributed by atoms with Crippen molar-refractivity contribution in [2.24, 2.45) is 0 Å². The second-order valence-corrected chi connectivity index (χ2v) is 8.32. The van der Waals surface area contributed by atoms with Crippen molar-refractivity contribution in [3.8, 4) is 35.4 Å². The van der Waals surface area contributed by atoms with E-state index < -0.39 is 0 Å². The molecule has 0 radical (unpaired) electrons. The fourth-order valence-electron chi connectivity index (χ4n) is 4.41. The standard InChI is InChI=1S/C32H17N5/c33-18-25-9-8-24(16-27(25)20-35)22-10-13-29(14-11-22)37(30-15-12-26(19-34)28(17-30)21-36)32-7-3-5-23-4-1-2-6-31(23)32/h1-17H. The minimum Gasteiger partial charge on any atom is -0.310 e. The molecule has 0 aliphatic carbocycles. The van der Waals surface area contributed by atoms with E-state index in [0.29, 0.717) is 22.3 Å². The monoisotopic (exact) mass is 471 g/mol. The summed E-state index contributed by atoms with van der Waals surface area (Å²) in [7, 11) is 0. The zero-order chi connectivity index (χ0) is 25.8. The Morgan fingerprint density at radius 2 is 1.03 bits per heavy atom. The smallest absolute Gasteiger partial charge is 0.101 e. The molecule has 0 fully saturated rings. The van der Waals surface area contributed by atoms with Crippen molar-refractivity contribution in [3.05, 3.63) is 125 Å². The zero-order valence-corrected chi connectivity index (χ0v) is 19.6. The maximum Gasteiger partial charge on any atom is 0.101 e. The van der Waals surface area contributed by atoms with Crippen molar-refractivity contribution in [3.63, 3.8) is 0 Å². The van der Waals surface area contributed by atoms with Gasteiger partial charge in [0.2, 0.25) is 0 Å². The van der Waals surface area contributed by atoms with Crippen LogP contribution >= 0.6 is 0 Å². The number of fused-ring (bicyclic) bond motifs is 1. The molecule has 0 saturated carbocycles. The lowest BCUT2D eigenvalue weighted by molar-refractivity contribution is 1.29. The van der Waals surface area contributed by atoms with E-state index in [-0.39, 0.29) is 0 Å². The molecular formula is C32H17N5. The molecule has 0 heterocycles. The van der Waals surface area contributed by atoms with Gasteiger partial charge in [-0.2, -0.15) is 21.0 Å². The Morgan fingerprint density at radius 1 is 0.459 bits per heavy atom. The van der Waals surface area contributed by atoms with Crippen molar-refractivity contribution in [1.29, 1.82) is 21.0 Å². The summed E-state index contributed by atoms with van der Waals surface area (Å²) < 4.78 is 0. The van der Waals surface area contributed by atoms with E-state index in [1.165, 1.54) is 0 Å². The predicted molar refractivity (Wildman–Crippen MR) is 143 cm³/mol. The Labute approximate surface area is 214 Å². The van der Waals surface area contributed by atoms with Gasteiger partial charge in [0.1, 0.15) is 24.3 Å². The van der Waals surface area contributed by atoms with E-state index in [1.807, 2.05) is 66.7 Å². The average molecular weight is 472 g/mol. The van der Waals surface area contributed by atoms with E-state index in [1.54, 1.807) is 24.3 Å². The van der Waals surface area contributed by atoms with Gasteiger partial charge in [-0.25, -0.2) is 0 Å². The van der Waals surface area contributed by atoms with Gasteiger partial charge in [-0.1, -0.05) is 54.6 Å². The fourth-order valence-corrected chi connectivity index (χ4v) is 4.41. The van der Waals surface area contributed by atoms with Gasteiger partial charge >= 0.3 is 0 Å². The maximum atomic E-state index is 9.65. The summed E-state index contributed by atoms with van der Waals surface area (Å²) in [6, 6.07) is 40.8. The van der Waals surface area contributed by atoms with Crippen molar-refractivity contribution in [2.75, 3.05) is 4.90 Å². The molecule has 0 bridgehead atoms. The first-order valence-electron chi connectivity index (χ1n) is 11.4. The maximum absolute atomic E-state index is 9.65. The van der Waals surface area contributed by atoms with Crippen LogP contribution in [0, 0.1) is 45.3 Å². The van der Waals surface area contributed by atoms with Gasteiger partial charge in [-0.05, 0) is 65.0 Å². The van der Waals surface area contributed by atoms with Crippen LogP contribution in [-0.4, -0.2) is 0 Å². The summed E-state index contributed by atoms with van der Waals surface area (Å²) in [6.07, 6.45) is 0. The lowest BCUT2D eigenvalue weighted by atomic mass is 9.99. The van der Waals surface area contributed by atoms with Gasteiger partial charge in [0.25, 0.3) is 0 Å². The minimum absolute atomic E-state index is 0.309. The Kier molecular flexibility index (Phi) is 6.05. The van der Waals surface area contributed by atoms with Crippen LogP contribution in [0.1, 0.15) is 22.3 Å². The summed E-state index contributed by atoms with van der Waals surface area (Å²) in [4.78, 5) is 2.06.